The highest BCUT2D eigenvalue weighted by Crippen LogP contribution is 2.17. The molecule has 0 amide bonds. The second-order valence-electron chi connectivity index (χ2n) is 5.92. The zero-order valence-corrected chi connectivity index (χ0v) is 12.8. The van der Waals surface area contributed by atoms with Crippen molar-refractivity contribution in [3.05, 3.63) is 35.9 Å². The van der Waals surface area contributed by atoms with Gasteiger partial charge in [0.2, 0.25) is 0 Å². The second-order valence-corrected chi connectivity index (χ2v) is 5.92. The van der Waals surface area contributed by atoms with Crippen molar-refractivity contribution >= 4 is 0 Å². The van der Waals surface area contributed by atoms with E-state index in [0.29, 0.717) is 18.0 Å². The third-order valence-electron chi connectivity index (χ3n) is 4.08. The predicted molar refractivity (Wildman–Crippen MR) is 84.2 cm³/mol. The normalized spacial score (nSPS) is 22.4. The molecule has 1 aliphatic rings. The molecule has 1 saturated heterocycles. The molecule has 1 heterocycles. The van der Waals surface area contributed by atoms with Crippen molar-refractivity contribution < 1.29 is 4.74 Å². The molecule has 0 aliphatic carbocycles. The van der Waals surface area contributed by atoms with E-state index >= 15 is 0 Å². The van der Waals surface area contributed by atoms with Gasteiger partial charge in [0.25, 0.3) is 0 Å². The summed E-state index contributed by atoms with van der Waals surface area (Å²) in [6, 6.07) is 11.8. The minimum Gasteiger partial charge on any atom is -0.379 e. The van der Waals surface area contributed by atoms with Gasteiger partial charge in [0.15, 0.2) is 0 Å². The lowest BCUT2D eigenvalue weighted by molar-refractivity contribution is 0.0712. The topological polar surface area (TPSA) is 33.3 Å². The summed E-state index contributed by atoms with van der Waals surface area (Å²) < 4.78 is 5.49. The average molecular weight is 276 g/mol. The SMILES string of the molecule is CC(CC1COCCN1)NCCC(C)c1ccccc1. The van der Waals surface area contributed by atoms with Crippen molar-refractivity contribution in [3.8, 4) is 0 Å². The Morgan fingerprint density at radius 1 is 1.30 bits per heavy atom. The van der Waals surface area contributed by atoms with Crippen LogP contribution in [0.3, 0.4) is 0 Å². The third-order valence-corrected chi connectivity index (χ3v) is 4.08. The van der Waals surface area contributed by atoms with Crippen molar-refractivity contribution in [2.75, 3.05) is 26.3 Å². The maximum Gasteiger partial charge on any atom is 0.0620 e. The number of hydrogen-bond acceptors (Lipinski definition) is 3. The highest BCUT2D eigenvalue weighted by Gasteiger charge is 2.16. The van der Waals surface area contributed by atoms with Crippen LogP contribution in [0.25, 0.3) is 0 Å². The van der Waals surface area contributed by atoms with Gasteiger partial charge in [-0.3, -0.25) is 0 Å². The fourth-order valence-electron chi connectivity index (χ4n) is 2.78. The summed E-state index contributed by atoms with van der Waals surface area (Å²) in [7, 11) is 0. The molecule has 0 spiro atoms. The van der Waals surface area contributed by atoms with Crippen LogP contribution < -0.4 is 10.6 Å². The fourth-order valence-corrected chi connectivity index (χ4v) is 2.78. The lowest BCUT2D eigenvalue weighted by Crippen LogP contribution is -2.45. The Morgan fingerprint density at radius 3 is 2.80 bits per heavy atom. The summed E-state index contributed by atoms with van der Waals surface area (Å²) >= 11 is 0. The van der Waals surface area contributed by atoms with Crippen LogP contribution in [-0.2, 0) is 4.74 Å². The molecule has 0 bridgehead atoms. The summed E-state index contributed by atoms with van der Waals surface area (Å²) in [5.74, 6) is 0.618. The summed E-state index contributed by atoms with van der Waals surface area (Å²) in [5, 5.41) is 7.15. The molecule has 2 N–H and O–H groups in total. The van der Waals surface area contributed by atoms with E-state index in [1.165, 1.54) is 12.0 Å². The number of ether oxygens (including phenoxy) is 1. The summed E-state index contributed by atoms with van der Waals surface area (Å²) in [6.45, 7) is 8.34. The molecule has 1 fully saturated rings. The van der Waals surface area contributed by atoms with E-state index in [-0.39, 0.29) is 0 Å². The van der Waals surface area contributed by atoms with Crippen molar-refractivity contribution in [1.29, 1.82) is 0 Å². The first kappa shape index (κ1) is 15.5. The smallest absolute Gasteiger partial charge is 0.0620 e. The van der Waals surface area contributed by atoms with Gasteiger partial charge < -0.3 is 15.4 Å². The van der Waals surface area contributed by atoms with Gasteiger partial charge in [-0.15, -0.1) is 0 Å². The zero-order chi connectivity index (χ0) is 14.2. The van der Waals surface area contributed by atoms with Crippen LogP contribution in [0.2, 0.25) is 0 Å². The maximum atomic E-state index is 5.49. The molecule has 3 heteroatoms. The van der Waals surface area contributed by atoms with E-state index in [1.54, 1.807) is 0 Å². The van der Waals surface area contributed by atoms with Gasteiger partial charge >= 0.3 is 0 Å². The van der Waals surface area contributed by atoms with Crippen molar-refractivity contribution in [1.82, 2.24) is 10.6 Å². The van der Waals surface area contributed by atoms with Gasteiger partial charge in [0, 0.05) is 18.6 Å². The zero-order valence-electron chi connectivity index (χ0n) is 12.8. The summed E-state index contributed by atoms with van der Waals surface area (Å²) in [4.78, 5) is 0. The van der Waals surface area contributed by atoms with E-state index < -0.39 is 0 Å². The quantitative estimate of drug-likeness (QED) is 0.803. The van der Waals surface area contributed by atoms with Crippen LogP contribution in [0.1, 0.15) is 38.2 Å². The summed E-state index contributed by atoms with van der Waals surface area (Å²) in [5.41, 5.74) is 1.43. The Balaban J connectivity index is 1.62. The first-order chi connectivity index (χ1) is 9.75. The van der Waals surface area contributed by atoms with Crippen LogP contribution in [-0.4, -0.2) is 38.4 Å². The number of morpholine rings is 1. The van der Waals surface area contributed by atoms with E-state index in [9.17, 15) is 0 Å². The van der Waals surface area contributed by atoms with E-state index in [1.807, 2.05) is 0 Å². The molecule has 0 saturated carbocycles. The molecule has 2 rings (SSSR count). The average Bonchev–Trinajstić information content (AvgIpc) is 2.49. The Kier molecular flexibility index (Phi) is 6.51. The molecular formula is C17H28N2O. The van der Waals surface area contributed by atoms with Crippen molar-refractivity contribution in [2.24, 2.45) is 0 Å². The molecule has 20 heavy (non-hydrogen) atoms. The minimum absolute atomic E-state index is 0.512. The Morgan fingerprint density at radius 2 is 2.10 bits per heavy atom. The standard InChI is InChI=1S/C17H28N2O/c1-14(16-6-4-3-5-7-16)8-9-18-15(2)12-17-13-20-11-10-19-17/h3-7,14-15,17-19H,8-13H2,1-2H3. The Labute approximate surface area is 123 Å². The van der Waals surface area contributed by atoms with E-state index in [0.717, 1.165) is 32.7 Å². The molecule has 1 aromatic rings. The molecule has 112 valence electrons. The number of benzene rings is 1. The number of hydrogen-bond donors (Lipinski definition) is 2. The van der Waals surface area contributed by atoms with Crippen LogP contribution in [0, 0.1) is 0 Å². The number of rotatable bonds is 7. The first-order valence-electron chi connectivity index (χ1n) is 7.85. The lowest BCUT2D eigenvalue weighted by Gasteiger charge is -2.27. The van der Waals surface area contributed by atoms with Gasteiger partial charge in [-0.25, -0.2) is 0 Å². The lowest BCUT2D eigenvalue weighted by atomic mass is 9.98. The van der Waals surface area contributed by atoms with Crippen molar-refractivity contribution in [2.45, 2.75) is 44.7 Å². The highest BCUT2D eigenvalue weighted by molar-refractivity contribution is 5.18. The molecule has 3 atom stereocenters. The van der Waals surface area contributed by atoms with Gasteiger partial charge in [0.1, 0.15) is 0 Å². The molecule has 1 aliphatic heterocycles. The van der Waals surface area contributed by atoms with Crippen LogP contribution in [0.15, 0.2) is 30.3 Å². The summed E-state index contributed by atoms with van der Waals surface area (Å²) in [6.07, 6.45) is 2.32. The van der Waals surface area contributed by atoms with E-state index in [4.69, 9.17) is 4.74 Å². The molecular weight excluding hydrogens is 248 g/mol. The second kappa shape index (κ2) is 8.40. The Bertz CT molecular complexity index is 363. The van der Waals surface area contributed by atoms with Crippen LogP contribution >= 0.6 is 0 Å². The molecule has 3 nitrogen and oxygen atoms in total. The van der Waals surface area contributed by atoms with E-state index in [2.05, 4.69) is 54.8 Å². The molecule has 3 unspecified atom stereocenters. The van der Waals surface area contributed by atoms with Gasteiger partial charge in [-0.1, -0.05) is 37.3 Å². The van der Waals surface area contributed by atoms with Crippen molar-refractivity contribution in [3.63, 3.8) is 0 Å². The monoisotopic (exact) mass is 276 g/mol. The predicted octanol–water partition coefficient (Wildman–Crippen LogP) is 2.54. The van der Waals surface area contributed by atoms with Crippen LogP contribution in [0.4, 0.5) is 0 Å². The first-order valence-corrected chi connectivity index (χ1v) is 7.85. The Hall–Kier alpha value is -0.900. The molecule has 0 aromatic heterocycles. The van der Waals surface area contributed by atoms with Crippen LogP contribution in [0.5, 0.6) is 0 Å². The third kappa shape index (κ3) is 5.23. The minimum atomic E-state index is 0.512. The molecule has 1 aromatic carbocycles. The fraction of sp³-hybridized carbons (Fsp3) is 0.647. The van der Waals surface area contributed by atoms with Gasteiger partial charge in [-0.2, -0.15) is 0 Å². The molecule has 0 radical (unpaired) electrons. The maximum absolute atomic E-state index is 5.49. The van der Waals surface area contributed by atoms with Gasteiger partial charge in [-0.05, 0) is 37.8 Å². The largest absolute Gasteiger partial charge is 0.379 e. The number of nitrogens with one attached hydrogen (secondary N) is 2. The highest BCUT2D eigenvalue weighted by atomic mass is 16.5. The van der Waals surface area contributed by atoms with Gasteiger partial charge in [0.05, 0.1) is 13.2 Å².